The molecule has 3 heteroatoms. The Bertz CT molecular complexity index is 559. The lowest BCUT2D eigenvalue weighted by Crippen LogP contribution is -2.19. The number of hydrogen-bond acceptors (Lipinski definition) is 1. The molecule has 0 N–H and O–H groups in total. The highest BCUT2D eigenvalue weighted by Crippen LogP contribution is 2.16. The fourth-order valence-electron chi connectivity index (χ4n) is 1.76. The van der Waals surface area contributed by atoms with E-state index in [1.807, 2.05) is 30.5 Å². The molecule has 0 spiro atoms. The van der Waals surface area contributed by atoms with Crippen LogP contribution in [-0.4, -0.2) is 4.57 Å². The molecule has 1 aromatic carbocycles. The van der Waals surface area contributed by atoms with Crippen LogP contribution in [0.1, 0.15) is 19.8 Å². The number of pyridine rings is 1. The summed E-state index contributed by atoms with van der Waals surface area (Å²) in [5.41, 5.74) is 0.110. The van der Waals surface area contributed by atoms with Crippen LogP contribution < -0.4 is 5.56 Å². The molecule has 0 bridgehead atoms. The molecule has 0 saturated carbocycles. The van der Waals surface area contributed by atoms with E-state index in [-0.39, 0.29) is 5.56 Å². The smallest absolute Gasteiger partial charge is 0.258 e. The maximum Gasteiger partial charge on any atom is 0.258 e. The fourth-order valence-corrected chi connectivity index (χ4v) is 2.14. The van der Waals surface area contributed by atoms with Crippen LogP contribution >= 0.6 is 15.9 Å². The second kappa shape index (κ2) is 4.83. The van der Waals surface area contributed by atoms with Gasteiger partial charge in [0.1, 0.15) is 0 Å². The Morgan fingerprint density at radius 3 is 2.88 bits per heavy atom. The minimum absolute atomic E-state index is 0.110. The first-order valence-corrected chi connectivity index (χ1v) is 6.30. The van der Waals surface area contributed by atoms with Crippen LogP contribution in [-0.2, 0) is 6.54 Å². The monoisotopic (exact) mass is 279 g/mol. The van der Waals surface area contributed by atoms with E-state index in [2.05, 4.69) is 22.9 Å². The fraction of sp³-hybridized carbons (Fsp3) is 0.308. The van der Waals surface area contributed by atoms with Crippen molar-refractivity contribution in [2.24, 2.45) is 0 Å². The van der Waals surface area contributed by atoms with Crippen LogP contribution in [0.5, 0.6) is 0 Å². The van der Waals surface area contributed by atoms with Gasteiger partial charge in [0, 0.05) is 22.6 Å². The summed E-state index contributed by atoms with van der Waals surface area (Å²) >= 11 is 3.41. The maximum atomic E-state index is 12.1. The van der Waals surface area contributed by atoms with Gasteiger partial charge < -0.3 is 4.57 Å². The van der Waals surface area contributed by atoms with Crippen molar-refractivity contribution in [2.45, 2.75) is 26.3 Å². The Labute approximate surface area is 103 Å². The molecule has 0 saturated heterocycles. The predicted molar refractivity (Wildman–Crippen MR) is 70.8 cm³/mol. The Hall–Kier alpha value is -1.09. The Morgan fingerprint density at radius 2 is 2.12 bits per heavy atom. The lowest BCUT2D eigenvalue weighted by molar-refractivity contribution is 0.617. The van der Waals surface area contributed by atoms with Crippen LogP contribution in [0.25, 0.3) is 10.8 Å². The van der Waals surface area contributed by atoms with Crippen molar-refractivity contribution < 1.29 is 0 Å². The largest absolute Gasteiger partial charge is 0.315 e. The van der Waals surface area contributed by atoms with Gasteiger partial charge in [0.05, 0.1) is 0 Å². The molecule has 0 amide bonds. The molecule has 2 aromatic rings. The van der Waals surface area contributed by atoms with Gasteiger partial charge in [0.2, 0.25) is 0 Å². The standard InChI is InChI=1S/C13H14BrNO/c1-2-3-7-15-8-6-10-9-11(14)4-5-12(10)13(15)16/h4-6,8-9H,2-3,7H2,1H3. The summed E-state index contributed by atoms with van der Waals surface area (Å²) in [4.78, 5) is 12.1. The molecule has 0 atom stereocenters. The van der Waals surface area contributed by atoms with Gasteiger partial charge in [-0.1, -0.05) is 29.3 Å². The van der Waals surface area contributed by atoms with Crippen molar-refractivity contribution in [1.29, 1.82) is 0 Å². The minimum Gasteiger partial charge on any atom is -0.315 e. The molecular formula is C13H14BrNO. The number of benzene rings is 1. The van der Waals surface area contributed by atoms with E-state index >= 15 is 0 Å². The van der Waals surface area contributed by atoms with Gasteiger partial charge in [-0.2, -0.15) is 0 Å². The molecule has 84 valence electrons. The molecule has 0 radical (unpaired) electrons. The molecule has 2 nitrogen and oxygen atoms in total. The minimum atomic E-state index is 0.110. The summed E-state index contributed by atoms with van der Waals surface area (Å²) in [5, 5.41) is 1.79. The van der Waals surface area contributed by atoms with Gasteiger partial charge in [-0.25, -0.2) is 0 Å². The van der Waals surface area contributed by atoms with Crippen molar-refractivity contribution in [3.8, 4) is 0 Å². The second-order valence-electron chi connectivity index (χ2n) is 3.90. The molecule has 0 unspecified atom stereocenters. The van der Waals surface area contributed by atoms with Crippen LogP contribution in [0, 0.1) is 0 Å². The number of rotatable bonds is 3. The lowest BCUT2D eigenvalue weighted by Gasteiger charge is -2.06. The van der Waals surface area contributed by atoms with E-state index < -0.39 is 0 Å². The van der Waals surface area contributed by atoms with Gasteiger partial charge in [0.25, 0.3) is 5.56 Å². The van der Waals surface area contributed by atoms with E-state index in [0.29, 0.717) is 0 Å². The summed E-state index contributed by atoms with van der Waals surface area (Å²) in [7, 11) is 0. The van der Waals surface area contributed by atoms with E-state index in [0.717, 1.165) is 34.6 Å². The molecule has 0 aliphatic rings. The Morgan fingerprint density at radius 1 is 1.31 bits per heavy atom. The number of nitrogens with zero attached hydrogens (tertiary/aromatic N) is 1. The molecular weight excluding hydrogens is 266 g/mol. The molecule has 0 aliphatic carbocycles. The summed E-state index contributed by atoms with van der Waals surface area (Å²) < 4.78 is 2.80. The molecule has 2 rings (SSSR count). The van der Waals surface area contributed by atoms with Crippen molar-refractivity contribution in [3.05, 3.63) is 45.3 Å². The number of hydrogen-bond donors (Lipinski definition) is 0. The van der Waals surface area contributed by atoms with Gasteiger partial charge in [0.15, 0.2) is 0 Å². The summed E-state index contributed by atoms with van der Waals surface area (Å²) in [6, 6.07) is 7.76. The number of aromatic nitrogens is 1. The summed E-state index contributed by atoms with van der Waals surface area (Å²) in [6.45, 7) is 2.94. The zero-order valence-electron chi connectivity index (χ0n) is 9.24. The average Bonchev–Trinajstić information content (AvgIpc) is 2.28. The molecule has 16 heavy (non-hydrogen) atoms. The first-order valence-electron chi connectivity index (χ1n) is 5.51. The third-order valence-corrected chi connectivity index (χ3v) is 3.18. The first-order chi connectivity index (χ1) is 7.72. The maximum absolute atomic E-state index is 12.1. The Balaban J connectivity index is 2.53. The first kappa shape index (κ1) is 11.4. The number of fused-ring (bicyclic) bond motifs is 1. The van der Waals surface area contributed by atoms with Crippen molar-refractivity contribution >= 4 is 26.7 Å². The molecule has 0 aliphatic heterocycles. The third-order valence-electron chi connectivity index (χ3n) is 2.69. The van der Waals surface area contributed by atoms with Gasteiger partial charge in [-0.15, -0.1) is 0 Å². The SMILES string of the molecule is CCCCn1ccc2cc(Br)ccc2c1=O. The van der Waals surface area contributed by atoms with Gasteiger partial charge in [-0.3, -0.25) is 4.79 Å². The number of aryl methyl sites for hydroxylation is 1. The zero-order chi connectivity index (χ0) is 11.5. The summed E-state index contributed by atoms with van der Waals surface area (Å²) in [6.07, 6.45) is 4.03. The van der Waals surface area contributed by atoms with Crippen LogP contribution in [0.2, 0.25) is 0 Å². The highest BCUT2D eigenvalue weighted by atomic mass is 79.9. The highest BCUT2D eigenvalue weighted by molar-refractivity contribution is 9.10. The van der Waals surface area contributed by atoms with Crippen LogP contribution in [0.15, 0.2) is 39.7 Å². The van der Waals surface area contributed by atoms with Crippen molar-refractivity contribution in [2.75, 3.05) is 0 Å². The van der Waals surface area contributed by atoms with Gasteiger partial charge >= 0.3 is 0 Å². The summed E-state index contributed by atoms with van der Waals surface area (Å²) in [5.74, 6) is 0. The lowest BCUT2D eigenvalue weighted by atomic mass is 10.2. The molecule has 0 fully saturated rings. The third kappa shape index (κ3) is 2.19. The number of unbranched alkanes of at least 4 members (excludes halogenated alkanes) is 1. The van der Waals surface area contributed by atoms with Crippen molar-refractivity contribution in [1.82, 2.24) is 4.57 Å². The topological polar surface area (TPSA) is 22.0 Å². The van der Waals surface area contributed by atoms with Gasteiger partial charge in [-0.05, 0) is 36.1 Å². The van der Waals surface area contributed by atoms with E-state index in [9.17, 15) is 4.79 Å². The predicted octanol–water partition coefficient (Wildman–Crippen LogP) is 3.56. The normalized spacial score (nSPS) is 10.9. The average molecular weight is 280 g/mol. The van der Waals surface area contributed by atoms with Crippen LogP contribution in [0.3, 0.4) is 0 Å². The van der Waals surface area contributed by atoms with E-state index in [1.54, 1.807) is 4.57 Å². The molecule has 1 heterocycles. The zero-order valence-corrected chi connectivity index (χ0v) is 10.8. The Kier molecular flexibility index (Phi) is 3.44. The second-order valence-corrected chi connectivity index (χ2v) is 4.82. The highest BCUT2D eigenvalue weighted by Gasteiger charge is 2.02. The number of halogens is 1. The van der Waals surface area contributed by atoms with E-state index in [4.69, 9.17) is 0 Å². The molecule has 1 aromatic heterocycles. The van der Waals surface area contributed by atoms with Crippen LogP contribution in [0.4, 0.5) is 0 Å². The van der Waals surface area contributed by atoms with E-state index in [1.165, 1.54) is 0 Å². The van der Waals surface area contributed by atoms with Crippen molar-refractivity contribution in [3.63, 3.8) is 0 Å². The quantitative estimate of drug-likeness (QED) is 0.842.